The van der Waals surface area contributed by atoms with Gasteiger partial charge in [0.2, 0.25) is 5.91 Å². The van der Waals surface area contributed by atoms with Gasteiger partial charge in [-0.05, 0) is 40.5 Å². The van der Waals surface area contributed by atoms with Crippen molar-refractivity contribution in [3.63, 3.8) is 0 Å². The summed E-state index contributed by atoms with van der Waals surface area (Å²) >= 11 is 0. The second kappa shape index (κ2) is 7.06. The van der Waals surface area contributed by atoms with E-state index in [9.17, 15) is 18.0 Å². The normalized spacial score (nSPS) is 17.0. The number of halogens is 3. The molecule has 1 N–H and O–H groups in total. The van der Waals surface area contributed by atoms with E-state index in [1.165, 1.54) is 24.3 Å². The number of fused-ring (bicyclic) bond motifs is 1. The summed E-state index contributed by atoms with van der Waals surface area (Å²) in [6.45, 7) is 0.889. The van der Waals surface area contributed by atoms with Gasteiger partial charge in [-0.15, -0.1) is 13.2 Å². The van der Waals surface area contributed by atoms with E-state index in [4.69, 9.17) is 9.26 Å². The molecule has 0 radical (unpaired) electrons. The number of hydrogen-bond acceptors (Lipinski definition) is 5. The second-order valence-corrected chi connectivity index (χ2v) is 6.46. The molecule has 1 aromatic heterocycles. The summed E-state index contributed by atoms with van der Waals surface area (Å²) < 4.78 is 51.7. The summed E-state index contributed by atoms with van der Waals surface area (Å²) in [5.41, 5.74) is 1.99. The van der Waals surface area contributed by atoms with Gasteiger partial charge in [0.25, 0.3) is 5.88 Å². The molecule has 1 atom stereocenters. The Kier molecular flexibility index (Phi) is 4.58. The van der Waals surface area contributed by atoms with Crippen molar-refractivity contribution in [2.45, 2.75) is 12.8 Å². The lowest BCUT2D eigenvalue weighted by atomic mass is 10.0. The molecule has 9 heteroatoms. The van der Waals surface area contributed by atoms with Crippen LogP contribution in [0, 0.1) is 5.92 Å². The van der Waals surface area contributed by atoms with E-state index >= 15 is 0 Å². The third-order valence-electron chi connectivity index (χ3n) is 4.38. The first kappa shape index (κ1) is 18.1. The number of nitrogens with zero attached hydrogens (tertiary/aromatic N) is 1. The summed E-state index contributed by atoms with van der Waals surface area (Å²) in [5, 5.41) is 7.30. The highest BCUT2D eigenvalue weighted by atomic mass is 19.4. The van der Waals surface area contributed by atoms with E-state index < -0.39 is 6.36 Å². The van der Waals surface area contributed by atoms with Crippen molar-refractivity contribution in [1.82, 2.24) is 10.5 Å². The largest absolute Gasteiger partial charge is 0.573 e. The van der Waals surface area contributed by atoms with Gasteiger partial charge in [0.05, 0.1) is 12.0 Å². The number of amides is 1. The highest BCUT2D eigenvalue weighted by molar-refractivity contribution is 5.87. The molecule has 0 saturated carbocycles. The van der Waals surface area contributed by atoms with Gasteiger partial charge >= 0.3 is 6.36 Å². The van der Waals surface area contributed by atoms with Crippen molar-refractivity contribution >= 4 is 16.9 Å². The van der Waals surface area contributed by atoms with Gasteiger partial charge in [0, 0.05) is 18.9 Å². The van der Waals surface area contributed by atoms with Gasteiger partial charge in [0.1, 0.15) is 5.75 Å². The van der Waals surface area contributed by atoms with E-state index in [0.717, 1.165) is 5.56 Å². The molecule has 1 aliphatic heterocycles. The third-order valence-corrected chi connectivity index (χ3v) is 4.38. The molecule has 0 aliphatic carbocycles. The van der Waals surface area contributed by atoms with Gasteiger partial charge in [-0.3, -0.25) is 4.79 Å². The fraction of sp³-hybridized carbons (Fsp3) is 0.263. The zero-order valence-electron chi connectivity index (χ0n) is 14.5. The van der Waals surface area contributed by atoms with E-state index in [0.29, 0.717) is 42.0 Å². The predicted octanol–water partition coefficient (Wildman–Crippen LogP) is 3.91. The maximum atomic E-state index is 12.3. The fourth-order valence-electron chi connectivity index (χ4n) is 3.03. The molecule has 1 unspecified atom stereocenters. The number of nitrogens with one attached hydrogen (secondary N) is 1. The summed E-state index contributed by atoms with van der Waals surface area (Å²) in [4.78, 5) is 11.3. The lowest BCUT2D eigenvalue weighted by Crippen LogP contribution is -2.16. The van der Waals surface area contributed by atoms with E-state index in [-0.39, 0.29) is 17.6 Å². The third kappa shape index (κ3) is 4.03. The minimum Gasteiger partial charge on any atom is -0.475 e. The standard InChI is InChI=1S/C19H15F3N2O4/c20-19(21,22)27-14-4-1-12(2-5-14)13-3-6-16-15(8-13)18(24-28-16)26-10-11-7-17(25)23-9-11/h1-6,8,11H,7,9-10H2,(H,23,25). The number of rotatable bonds is 5. The van der Waals surface area contributed by atoms with Gasteiger partial charge in [-0.1, -0.05) is 18.2 Å². The molecule has 6 nitrogen and oxygen atoms in total. The summed E-state index contributed by atoms with van der Waals surface area (Å²) in [6.07, 6.45) is -4.32. The van der Waals surface area contributed by atoms with Crippen LogP contribution in [0.2, 0.25) is 0 Å². The van der Waals surface area contributed by atoms with Crippen LogP contribution in [0.15, 0.2) is 47.0 Å². The zero-order valence-corrected chi connectivity index (χ0v) is 14.5. The van der Waals surface area contributed by atoms with Gasteiger partial charge in [0.15, 0.2) is 5.58 Å². The van der Waals surface area contributed by atoms with Crippen LogP contribution in [-0.2, 0) is 4.79 Å². The first-order valence-corrected chi connectivity index (χ1v) is 8.52. The Morgan fingerprint density at radius 2 is 1.89 bits per heavy atom. The van der Waals surface area contributed by atoms with Crippen LogP contribution in [0.1, 0.15) is 6.42 Å². The van der Waals surface area contributed by atoms with Crippen molar-refractivity contribution in [3.05, 3.63) is 42.5 Å². The minimum atomic E-state index is -4.73. The van der Waals surface area contributed by atoms with Crippen LogP contribution < -0.4 is 14.8 Å². The molecule has 1 fully saturated rings. The molecule has 0 bridgehead atoms. The maximum Gasteiger partial charge on any atom is 0.573 e. The van der Waals surface area contributed by atoms with Crippen LogP contribution in [0.25, 0.3) is 22.1 Å². The van der Waals surface area contributed by atoms with Crippen molar-refractivity contribution in [1.29, 1.82) is 0 Å². The highest BCUT2D eigenvalue weighted by Gasteiger charge is 2.31. The molecule has 28 heavy (non-hydrogen) atoms. The zero-order chi connectivity index (χ0) is 19.7. The average Bonchev–Trinajstić information content (AvgIpc) is 3.24. The first-order valence-electron chi connectivity index (χ1n) is 8.52. The number of aromatic nitrogens is 1. The Morgan fingerprint density at radius 3 is 2.57 bits per heavy atom. The number of alkyl halides is 3. The van der Waals surface area contributed by atoms with Crippen LogP contribution in [0.4, 0.5) is 13.2 Å². The first-order chi connectivity index (χ1) is 13.4. The lowest BCUT2D eigenvalue weighted by Gasteiger charge is -2.09. The molecule has 1 amide bonds. The highest BCUT2D eigenvalue weighted by Crippen LogP contribution is 2.32. The minimum absolute atomic E-state index is 0.00107. The SMILES string of the molecule is O=C1CC(COc2noc3ccc(-c4ccc(OC(F)(F)F)cc4)cc23)CN1. The Hall–Kier alpha value is -3.23. The van der Waals surface area contributed by atoms with Gasteiger partial charge < -0.3 is 19.3 Å². The topological polar surface area (TPSA) is 73.6 Å². The number of ether oxygens (including phenoxy) is 2. The Bertz CT molecular complexity index is 999. The number of carbonyl (C=O) groups excluding carboxylic acids is 1. The van der Waals surface area contributed by atoms with Crippen molar-refractivity contribution < 1.29 is 32.0 Å². The lowest BCUT2D eigenvalue weighted by molar-refractivity contribution is -0.274. The van der Waals surface area contributed by atoms with Gasteiger partial charge in [-0.2, -0.15) is 0 Å². The average molecular weight is 392 g/mol. The number of carbonyl (C=O) groups is 1. The molecule has 1 aliphatic rings. The Labute approximate surface area is 157 Å². The Balaban J connectivity index is 1.53. The molecular formula is C19H15F3N2O4. The molecular weight excluding hydrogens is 377 g/mol. The molecule has 4 rings (SSSR count). The summed E-state index contributed by atoms with van der Waals surface area (Å²) in [7, 11) is 0. The predicted molar refractivity (Wildman–Crippen MR) is 92.7 cm³/mol. The molecule has 2 aromatic carbocycles. The van der Waals surface area contributed by atoms with Crippen molar-refractivity contribution in [3.8, 4) is 22.8 Å². The van der Waals surface area contributed by atoms with E-state index in [1.54, 1.807) is 18.2 Å². The van der Waals surface area contributed by atoms with Crippen LogP contribution in [-0.4, -0.2) is 30.6 Å². The number of benzene rings is 2. The van der Waals surface area contributed by atoms with Gasteiger partial charge in [-0.25, -0.2) is 0 Å². The molecule has 146 valence electrons. The monoisotopic (exact) mass is 392 g/mol. The second-order valence-electron chi connectivity index (χ2n) is 6.46. The molecule has 1 saturated heterocycles. The fourth-order valence-corrected chi connectivity index (χ4v) is 3.03. The summed E-state index contributed by atoms with van der Waals surface area (Å²) in [6, 6.07) is 10.9. The number of hydrogen-bond donors (Lipinski definition) is 1. The molecule has 3 aromatic rings. The maximum absolute atomic E-state index is 12.3. The van der Waals surface area contributed by atoms with Crippen LogP contribution in [0.5, 0.6) is 11.6 Å². The van der Waals surface area contributed by atoms with E-state index in [1.807, 2.05) is 0 Å². The van der Waals surface area contributed by atoms with Crippen LogP contribution >= 0.6 is 0 Å². The van der Waals surface area contributed by atoms with Crippen LogP contribution in [0.3, 0.4) is 0 Å². The Morgan fingerprint density at radius 1 is 1.14 bits per heavy atom. The van der Waals surface area contributed by atoms with Crippen molar-refractivity contribution in [2.75, 3.05) is 13.2 Å². The molecule has 0 spiro atoms. The summed E-state index contributed by atoms with van der Waals surface area (Å²) in [5.74, 6) is 0.0988. The quantitative estimate of drug-likeness (QED) is 0.713. The van der Waals surface area contributed by atoms with Crippen molar-refractivity contribution in [2.24, 2.45) is 5.92 Å². The van der Waals surface area contributed by atoms with E-state index in [2.05, 4.69) is 15.2 Å². The smallest absolute Gasteiger partial charge is 0.475 e. The molecule has 2 heterocycles.